The fourth-order valence-electron chi connectivity index (χ4n) is 2.97. The van der Waals surface area contributed by atoms with Crippen LogP contribution < -0.4 is 10.1 Å². The monoisotopic (exact) mass is 404 g/mol. The first-order valence-electron chi connectivity index (χ1n) is 9.09. The number of amides is 1. The van der Waals surface area contributed by atoms with Gasteiger partial charge >= 0.3 is 0 Å². The SMILES string of the molecule is COc1ccccc1C(=O)Nc1cc(C)nn1-c1nc(-c2ccc(C)cc2)cs1. The van der Waals surface area contributed by atoms with Crippen molar-refractivity contribution in [3.05, 3.63) is 76.8 Å². The molecule has 2 aromatic carbocycles. The Balaban J connectivity index is 1.64. The Morgan fingerprint density at radius 2 is 1.86 bits per heavy atom. The molecular weight excluding hydrogens is 384 g/mol. The minimum Gasteiger partial charge on any atom is -0.496 e. The van der Waals surface area contributed by atoms with E-state index in [0.29, 0.717) is 22.3 Å². The van der Waals surface area contributed by atoms with E-state index < -0.39 is 0 Å². The fraction of sp³-hybridized carbons (Fsp3) is 0.136. The molecule has 0 spiro atoms. The van der Waals surface area contributed by atoms with Crippen LogP contribution in [0.15, 0.2) is 60.0 Å². The number of carbonyl (C=O) groups excluding carboxylic acids is 1. The highest BCUT2D eigenvalue weighted by atomic mass is 32.1. The summed E-state index contributed by atoms with van der Waals surface area (Å²) in [6.07, 6.45) is 0. The van der Waals surface area contributed by atoms with Gasteiger partial charge in [0.05, 0.1) is 24.1 Å². The lowest BCUT2D eigenvalue weighted by Crippen LogP contribution is -2.16. The second kappa shape index (κ2) is 7.89. The third-order valence-electron chi connectivity index (χ3n) is 4.45. The van der Waals surface area contributed by atoms with Crippen LogP contribution >= 0.6 is 11.3 Å². The molecule has 2 heterocycles. The Morgan fingerprint density at radius 1 is 1.10 bits per heavy atom. The van der Waals surface area contributed by atoms with Crippen molar-refractivity contribution in [3.8, 4) is 22.1 Å². The summed E-state index contributed by atoms with van der Waals surface area (Å²) in [5, 5.41) is 10.1. The number of nitrogens with zero attached hydrogens (tertiary/aromatic N) is 3. The molecule has 29 heavy (non-hydrogen) atoms. The van der Waals surface area contributed by atoms with Gasteiger partial charge in [0.2, 0.25) is 5.13 Å². The average Bonchev–Trinajstić information content (AvgIpc) is 3.35. The zero-order valence-electron chi connectivity index (χ0n) is 16.3. The van der Waals surface area contributed by atoms with Gasteiger partial charge in [-0.15, -0.1) is 11.3 Å². The number of hydrogen-bond donors (Lipinski definition) is 1. The van der Waals surface area contributed by atoms with Crippen LogP contribution in [0.5, 0.6) is 5.75 Å². The van der Waals surface area contributed by atoms with E-state index in [2.05, 4.69) is 29.5 Å². The number of anilines is 1. The second-order valence-electron chi connectivity index (χ2n) is 6.62. The predicted molar refractivity (Wildman–Crippen MR) is 115 cm³/mol. The smallest absolute Gasteiger partial charge is 0.260 e. The van der Waals surface area contributed by atoms with Crippen molar-refractivity contribution >= 4 is 23.1 Å². The third-order valence-corrected chi connectivity index (χ3v) is 5.26. The molecule has 1 amide bonds. The van der Waals surface area contributed by atoms with E-state index in [-0.39, 0.29) is 5.91 Å². The van der Waals surface area contributed by atoms with Crippen LogP contribution in [-0.2, 0) is 0 Å². The molecule has 6 nitrogen and oxygen atoms in total. The van der Waals surface area contributed by atoms with Crippen LogP contribution in [0.3, 0.4) is 0 Å². The molecule has 146 valence electrons. The van der Waals surface area contributed by atoms with Crippen molar-refractivity contribution in [1.29, 1.82) is 0 Å². The van der Waals surface area contributed by atoms with Gasteiger partial charge in [-0.2, -0.15) is 9.78 Å². The molecule has 0 saturated heterocycles. The highest BCUT2D eigenvalue weighted by Gasteiger charge is 2.17. The zero-order chi connectivity index (χ0) is 20.4. The summed E-state index contributed by atoms with van der Waals surface area (Å²) >= 11 is 1.47. The maximum absolute atomic E-state index is 12.8. The molecule has 2 aromatic heterocycles. The van der Waals surface area contributed by atoms with E-state index in [9.17, 15) is 4.79 Å². The van der Waals surface area contributed by atoms with Crippen molar-refractivity contribution in [2.24, 2.45) is 0 Å². The van der Waals surface area contributed by atoms with E-state index in [1.165, 1.54) is 16.9 Å². The molecule has 4 aromatic rings. The Kier molecular flexibility index (Phi) is 5.14. The van der Waals surface area contributed by atoms with Gasteiger partial charge in [0.25, 0.3) is 5.91 Å². The quantitative estimate of drug-likeness (QED) is 0.515. The maximum atomic E-state index is 12.8. The molecule has 0 bridgehead atoms. The predicted octanol–water partition coefficient (Wildman–Crippen LogP) is 4.87. The van der Waals surface area contributed by atoms with E-state index >= 15 is 0 Å². The number of aryl methyl sites for hydroxylation is 2. The van der Waals surface area contributed by atoms with Gasteiger partial charge in [0, 0.05) is 17.0 Å². The summed E-state index contributed by atoms with van der Waals surface area (Å²) in [6.45, 7) is 3.93. The topological polar surface area (TPSA) is 69.0 Å². The first kappa shape index (κ1) is 18.9. The molecule has 7 heteroatoms. The summed E-state index contributed by atoms with van der Waals surface area (Å²) in [7, 11) is 1.54. The summed E-state index contributed by atoms with van der Waals surface area (Å²) in [6, 6.07) is 17.1. The van der Waals surface area contributed by atoms with Gasteiger partial charge in [-0.05, 0) is 26.0 Å². The number of thiazole rings is 1. The number of hydrogen-bond acceptors (Lipinski definition) is 5. The minimum atomic E-state index is -0.265. The number of para-hydroxylation sites is 1. The van der Waals surface area contributed by atoms with Gasteiger partial charge in [-0.3, -0.25) is 4.79 Å². The van der Waals surface area contributed by atoms with Crippen LogP contribution in [0.25, 0.3) is 16.4 Å². The van der Waals surface area contributed by atoms with Crippen molar-refractivity contribution in [3.63, 3.8) is 0 Å². The van der Waals surface area contributed by atoms with Crippen molar-refractivity contribution in [2.45, 2.75) is 13.8 Å². The van der Waals surface area contributed by atoms with Gasteiger partial charge in [-0.1, -0.05) is 42.0 Å². The normalized spacial score (nSPS) is 10.7. The molecule has 0 fully saturated rings. The van der Waals surface area contributed by atoms with Crippen LogP contribution in [0, 0.1) is 13.8 Å². The first-order valence-corrected chi connectivity index (χ1v) is 9.97. The molecule has 0 unspecified atom stereocenters. The van der Waals surface area contributed by atoms with Crippen molar-refractivity contribution < 1.29 is 9.53 Å². The van der Waals surface area contributed by atoms with Gasteiger partial charge in [0.15, 0.2) is 0 Å². The number of ether oxygens (including phenoxy) is 1. The van der Waals surface area contributed by atoms with Crippen molar-refractivity contribution in [1.82, 2.24) is 14.8 Å². The highest BCUT2D eigenvalue weighted by Crippen LogP contribution is 2.27. The number of methoxy groups -OCH3 is 1. The fourth-order valence-corrected chi connectivity index (χ4v) is 3.76. The zero-order valence-corrected chi connectivity index (χ0v) is 17.2. The summed E-state index contributed by atoms with van der Waals surface area (Å²) in [5.41, 5.74) is 4.36. The molecule has 0 aliphatic rings. The second-order valence-corrected chi connectivity index (χ2v) is 7.46. The average molecular weight is 404 g/mol. The number of benzene rings is 2. The Morgan fingerprint density at radius 3 is 2.62 bits per heavy atom. The lowest BCUT2D eigenvalue weighted by atomic mass is 10.1. The van der Waals surface area contributed by atoms with Gasteiger partial charge in [0.1, 0.15) is 11.6 Å². The van der Waals surface area contributed by atoms with Crippen molar-refractivity contribution in [2.75, 3.05) is 12.4 Å². The van der Waals surface area contributed by atoms with Gasteiger partial charge in [-0.25, -0.2) is 4.98 Å². The van der Waals surface area contributed by atoms with Gasteiger partial charge < -0.3 is 10.1 Å². The largest absolute Gasteiger partial charge is 0.496 e. The Bertz CT molecular complexity index is 1160. The molecule has 0 saturated carbocycles. The molecule has 1 N–H and O–H groups in total. The molecule has 0 radical (unpaired) electrons. The number of nitrogens with one attached hydrogen (secondary N) is 1. The minimum absolute atomic E-state index is 0.265. The highest BCUT2D eigenvalue weighted by molar-refractivity contribution is 7.12. The van der Waals surface area contributed by atoms with Crippen LogP contribution in [-0.4, -0.2) is 27.8 Å². The number of carbonyl (C=O) groups is 1. The van der Waals surface area contributed by atoms with E-state index in [1.807, 2.05) is 36.6 Å². The first-order chi connectivity index (χ1) is 14.0. The Labute approximate surface area is 172 Å². The maximum Gasteiger partial charge on any atom is 0.260 e. The standard InChI is InChI=1S/C22H20N4O2S/c1-14-8-10-16(11-9-14)18-13-29-22(23-18)26-20(12-15(2)25-26)24-21(27)17-6-4-5-7-19(17)28-3/h4-13H,1-3H3,(H,24,27). The number of aromatic nitrogens is 3. The molecule has 0 aliphatic carbocycles. The van der Waals surface area contributed by atoms with Crippen LogP contribution in [0.2, 0.25) is 0 Å². The lowest BCUT2D eigenvalue weighted by Gasteiger charge is -2.09. The van der Waals surface area contributed by atoms with Crippen LogP contribution in [0.1, 0.15) is 21.6 Å². The van der Waals surface area contributed by atoms with E-state index in [0.717, 1.165) is 17.0 Å². The lowest BCUT2D eigenvalue weighted by molar-refractivity contribution is 0.102. The van der Waals surface area contributed by atoms with E-state index in [4.69, 9.17) is 9.72 Å². The molecule has 0 atom stereocenters. The number of rotatable bonds is 5. The summed E-state index contributed by atoms with van der Waals surface area (Å²) < 4.78 is 6.95. The summed E-state index contributed by atoms with van der Waals surface area (Å²) in [4.78, 5) is 17.5. The third kappa shape index (κ3) is 3.90. The molecular formula is C22H20N4O2S. The summed E-state index contributed by atoms with van der Waals surface area (Å²) in [5.74, 6) is 0.811. The molecule has 4 rings (SSSR count). The molecule has 0 aliphatic heterocycles. The van der Waals surface area contributed by atoms with Crippen LogP contribution in [0.4, 0.5) is 5.82 Å². The Hall–Kier alpha value is -3.45. The van der Waals surface area contributed by atoms with E-state index in [1.54, 1.807) is 30.0 Å².